The van der Waals surface area contributed by atoms with Gasteiger partial charge in [-0.3, -0.25) is 0 Å². The SMILES string of the molecule is CCNC(Cc1ncc[nH]1)CC(C)C(C)(C)C. The topological polar surface area (TPSA) is 40.7 Å². The molecule has 3 nitrogen and oxygen atoms in total. The molecule has 0 aliphatic carbocycles. The first kappa shape index (κ1) is 14.2. The number of rotatable bonds is 6. The van der Waals surface area contributed by atoms with Gasteiger partial charge in [-0.25, -0.2) is 4.98 Å². The molecule has 98 valence electrons. The van der Waals surface area contributed by atoms with E-state index in [0.29, 0.717) is 17.4 Å². The second kappa shape index (κ2) is 6.20. The summed E-state index contributed by atoms with van der Waals surface area (Å²) in [6.07, 6.45) is 5.90. The van der Waals surface area contributed by atoms with Crippen molar-refractivity contribution in [2.75, 3.05) is 6.54 Å². The van der Waals surface area contributed by atoms with Crippen LogP contribution in [-0.2, 0) is 6.42 Å². The Morgan fingerprint density at radius 3 is 2.59 bits per heavy atom. The zero-order chi connectivity index (χ0) is 12.9. The molecule has 2 atom stereocenters. The maximum absolute atomic E-state index is 4.31. The molecular formula is C14H27N3. The maximum atomic E-state index is 4.31. The lowest BCUT2D eigenvalue weighted by molar-refractivity contribution is 0.222. The molecular weight excluding hydrogens is 210 g/mol. The lowest BCUT2D eigenvalue weighted by Gasteiger charge is -2.31. The first-order chi connectivity index (χ1) is 7.93. The average molecular weight is 237 g/mol. The molecule has 0 aromatic carbocycles. The van der Waals surface area contributed by atoms with Gasteiger partial charge in [-0.2, -0.15) is 0 Å². The molecule has 0 amide bonds. The molecule has 1 heterocycles. The fourth-order valence-electron chi connectivity index (χ4n) is 1.95. The van der Waals surface area contributed by atoms with E-state index >= 15 is 0 Å². The normalized spacial score (nSPS) is 15.8. The summed E-state index contributed by atoms with van der Waals surface area (Å²) in [5, 5.41) is 3.56. The Morgan fingerprint density at radius 2 is 2.12 bits per heavy atom. The molecule has 2 unspecified atom stereocenters. The first-order valence-corrected chi connectivity index (χ1v) is 6.65. The summed E-state index contributed by atoms with van der Waals surface area (Å²) in [5.41, 5.74) is 0.372. The third-order valence-electron chi connectivity index (χ3n) is 3.60. The van der Waals surface area contributed by atoms with E-state index in [1.54, 1.807) is 0 Å². The Morgan fingerprint density at radius 1 is 1.41 bits per heavy atom. The highest BCUT2D eigenvalue weighted by molar-refractivity contribution is 4.92. The average Bonchev–Trinajstić information content (AvgIpc) is 2.69. The number of H-pyrrole nitrogens is 1. The summed E-state index contributed by atoms with van der Waals surface area (Å²) in [6.45, 7) is 12.5. The van der Waals surface area contributed by atoms with Crippen LogP contribution in [0.25, 0.3) is 0 Å². The van der Waals surface area contributed by atoms with Gasteiger partial charge in [0.1, 0.15) is 5.82 Å². The zero-order valence-corrected chi connectivity index (χ0v) is 11.9. The van der Waals surface area contributed by atoms with Crippen LogP contribution in [0.4, 0.5) is 0 Å². The fourth-order valence-corrected chi connectivity index (χ4v) is 1.95. The van der Waals surface area contributed by atoms with Gasteiger partial charge in [-0.15, -0.1) is 0 Å². The number of hydrogen-bond acceptors (Lipinski definition) is 2. The number of aromatic amines is 1. The summed E-state index contributed by atoms with van der Waals surface area (Å²) in [4.78, 5) is 7.50. The molecule has 0 fully saturated rings. The Bertz CT molecular complexity index is 298. The van der Waals surface area contributed by atoms with E-state index < -0.39 is 0 Å². The van der Waals surface area contributed by atoms with Crippen LogP contribution in [0.1, 0.15) is 46.9 Å². The molecule has 3 heteroatoms. The van der Waals surface area contributed by atoms with Gasteiger partial charge in [-0.05, 0) is 24.3 Å². The summed E-state index contributed by atoms with van der Waals surface area (Å²) < 4.78 is 0. The summed E-state index contributed by atoms with van der Waals surface area (Å²) in [6, 6.07) is 0.514. The van der Waals surface area contributed by atoms with Gasteiger partial charge in [0.15, 0.2) is 0 Å². The van der Waals surface area contributed by atoms with E-state index in [1.165, 1.54) is 6.42 Å². The lowest BCUT2D eigenvalue weighted by Crippen LogP contribution is -2.35. The largest absolute Gasteiger partial charge is 0.349 e. The minimum absolute atomic E-state index is 0.372. The van der Waals surface area contributed by atoms with Gasteiger partial charge in [-0.1, -0.05) is 34.6 Å². The number of nitrogens with zero attached hydrogens (tertiary/aromatic N) is 1. The highest BCUT2D eigenvalue weighted by atomic mass is 14.9. The smallest absolute Gasteiger partial charge is 0.107 e. The highest BCUT2D eigenvalue weighted by Gasteiger charge is 2.23. The molecule has 1 aromatic rings. The zero-order valence-electron chi connectivity index (χ0n) is 11.9. The van der Waals surface area contributed by atoms with Crippen molar-refractivity contribution in [2.24, 2.45) is 11.3 Å². The monoisotopic (exact) mass is 237 g/mol. The summed E-state index contributed by atoms with van der Waals surface area (Å²) >= 11 is 0. The molecule has 0 saturated heterocycles. The van der Waals surface area contributed by atoms with Crippen LogP contribution in [0.5, 0.6) is 0 Å². The van der Waals surface area contributed by atoms with Crippen molar-refractivity contribution in [2.45, 2.75) is 53.5 Å². The quantitative estimate of drug-likeness (QED) is 0.798. The standard InChI is InChI=1S/C14H27N3/c1-6-15-12(9-11(2)14(3,4)5)10-13-16-7-8-17-13/h7-8,11-12,15H,6,9-10H2,1-5H3,(H,16,17). The van der Waals surface area contributed by atoms with Crippen LogP contribution in [0, 0.1) is 11.3 Å². The molecule has 1 rings (SSSR count). The van der Waals surface area contributed by atoms with E-state index in [9.17, 15) is 0 Å². The molecule has 0 aliphatic rings. The number of nitrogens with one attached hydrogen (secondary N) is 2. The highest BCUT2D eigenvalue weighted by Crippen LogP contribution is 2.29. The van der Waals surface area contributed by atoms with E-state index in [4.69, 9.17) is 0 Å². The molecule has 0 aliphatic heterocycles. The number of likely N-dealkylation sites (N-methyl/N-ethyl adjacent to an activating group) is 1. The Labute approximate surface area is 105 Å². The summed E-state index contributed by atoms with van der Waals surface area (Å²) in [7, 11) is 0. The van der Waals surface area contributed by atoms with E-state index in [-0.39, 0.29) is 0 Å². The van der Waals surface area contributed by atoms with Gasteiger partial charge in [0, 0.05) is 24.9 Å². The molecule has 17 heavy (non-hydrogen) atoms. The van der Waals surface area contributed by atoms with Crippen molar-refractivity contribution in [3.8, 4) is 0 Å². The van der Waals surface area contributed by atoms with E-state index in [1.807, 2.05) is 12.4 Å². The van der Waals surface area contributed by atoms with E-state index in [2.05, 4.69) is 49.9 Å². The second-order valence-corrected chi connectivity index (χ2v) is 6.00. The van der Waals surface area contributed by atoms with E-state index in [0.717, 1.165) is 18.8 Å². The molecule has 2 N–H and O–H groups in total. The van der Waals surface area contributed by atoms with Crippen LogP contribution in [0.2, 0.25) is 0 Å². The third-order valence-corrected chi connectivity index (χ3v) is 3.60. The Hall–Kier alpha value is -0.830. The van der Waals surface area contributed by atoms with Crippen LogP contribution in [-0.4, -0.2) is 22.6 Å². The van der Waals surface area contributed by atoms with Gasteiger partial charge in [0.25, 0.3) is 0 Å². The van der Waals surface area contributed by atoms with Crippen molar-refractivity contribution in [1.29, 1.82) is 0 Å². The number of aromatic nitrogens is 2. The van der Waals surface area contributed by atoms with Gasteiger partial charge >= 0.3 is 0 Å². The molecule has 0 saturated carbocycles. The van der Waals surface area contributed by atoms with Crippen molar-refractivity contribution in [3.63, 3.8) is 0 Å². The van der Waals surface area contributed by atoms with Gasteiger partial charge < -0.3 is 10.3 Å². The number of imidazole rings is 1. The van der Waals surface area contributed by atoms with Crippen LogP contribution < -0.4 is 5.32 Å². The maximum Gasteiger partial charge on any atom is 0.107 e. The predicted molar refractivity (Wildman–Crippen MR) is 73.0 cm³/mol. The lowest BCUT2D eigenvalue weighted by atomic mass is 9.78. The van der Waals surface area contributed by atoms with Crippen molar-refractivity contribution >= 4 is 0 Å². The van der Waals surface area contributed by atoms with Crippen LogP contribution in [0.3, 0.4) is 0 Å². The van der Waals surface area contributed by atoms with Crippen molar-refractivity contribution < 1.29 is 0 Å². The van der Waals surface area contributed by atoms with Crippen molar-refractivity contribution in [3.05, 3.63) is 18.2 Å². The Balaban J connectivity index is 2.54. The molecule has 1 aromatic heterocycles. The van der Waals surface area contributed by atoms with Crippen LogP contribution in [0.15, 0.2) is 12.4 Å². The van der Waals surface area contributed by atoms with Gasteiger partial charge in [0.05, 0.1) is 0 Å². The fraction of sp³-hybridized carbons (Fsp3) is 0.786. The first-order valence-electron chi connectivity index (χ1n) is 6.65. The van der Waals surface area contributed by atoms with Crippen LogP contribution >= 0.6 is 0 Å². The van der Waals surface area contributed by atoms with Gasteiger partial charge in [0.2, 0.25) is 0 Å². The number of hydrogen-bond donors (Lipinski definition) is 2. The molecule has 0 spiro atoms. The molecule has 0 radical (unpaired) electrons. The molecule has 0 bridgehead atoms. The minimum Gasteiger partial charge on any atom is -0.349 e. The third kappa shape index (κ3) is 4.90. The Kier molecular flexibility index (Phi) is 5.19. The van der Waals surface area contributed by atoms with Crippen molar-refractivity contribution in [1.82, 2.24) is 15.3 Å². The second-order valence-electron chi connectivity index (χ2n) is 6.00. The minimum atomic E-state index is 0.372. The summed E-state index contributed by atoms with van der Waals surface area (Å²) in [5.74, 6) is 1.78. The predicted octanol–water partition coefficient (Wildman–Crippen LogP) is 3.00.